The van der Waals surface area contributed by atoms with Gasteiger partial charge in [-0.3, -0.25) is 0 Å². The quantitative estimate of drug-likeness (QED) is 0.704. The zero-order valence-electron chi connectivity index (χ0n) is 10.6. The van der Waals surface area contributed by atoms with Crippen LogP contribution in [0.15, 0.2) is 0 Å². The summed E-state index contributed by atoms with van der Waals surface area (Å²) in [5.74, 6) is 0.118. The van der Waals surface area contributed by atoms with Gasteiger partial charge >= 0.3 is 0 Å². The summed E-state index contributed by atoms with van der Waals surface area (Å²) in [6.45, 7) is 5.02. The Labute approximate surface area is 103 Å². The fourth-order valence-electron chi connectivity index (χ4n) is 1.85. The monoisotopic (exact) mass is 265 g/mol. The van der Waals surface area contributed by atoms with Crippen LogP contribution in [0.5, 0.6) is 0 Å². The molecule has 1 aliphatic heterocycles. The molecule has 17 heavy (non-hydrogen) atoms. The maximum Gasteiger partial charge on any atom is 0.153 e. The van der Waals surface area contributed by atoms with Gasteiger partial charge in [-0.05, 0) is 26.7 Å². The lowest BCUT2D eigenvalue weighted by atomic mass is 9.91. The van der Waals surface area contributed by atoms with Crippen molar-refractivity contribution < 1.29 is 18.3 Å². The molecule has 0 radical (unpaired) electrons. The van der Waals surface area contributed by atoms with E-state index >= 15 is 0 Å². The van der Waals surface area contributed by atoms with E-state index in [1.807, 2.05) is 0 Å². The van der Waals surface area contributed by atoms with Gasteiger partial charge in [0.25, 0.3) is 0 Å². The molecule has 0 spiro atoms. The van der Waals surface area contributed by atoms with Crippen LogP contribution in [0.2, 0.25) is 0 Å². The topological polar surface area (TPSA) is 75.6 Å². The maximum absolute atomic E-state index is 11.6. The lowest BCUT2D eigenvalue weighted by Crippen LogP contribution is -2.53. The molecule has 0 atom stereocenters. The second-order valence-corrected chi connectivity index (χ2v) is 7.57. The van der Waals surface area contributed by atoms with E-state index in [-0.39, 0.29) is 23.1 Å². The summed E-state index contributed by atoms with van der Waals surface area (Å²) >= 11 is 0. The summed E-state index contributed by atoms with van der Waals surface area (Å²) < 4.78 is 28.5. The minimum Gasteiger partial charge on any atom is -0.394 e. The van der Waals surface area contributed by atoms with Crippen molar-refractivity contribution >= 4 is 9.84 Å². The minimum absolute atomic E-state index is 0.0259. The Morgan fingerprint density at radius 2 is 1.94 bits per heavy atom. The Hall–Kier alpha value is -0.170. The summed E-state index contributed by atoms with van der Waals surface area (Å²) in [5.41, 5.74) is -0.356. The van der Waals surface area contributed by atoms with Crippen LogP contribution < -0.4 is 5.32 Å². The molecule has 0 amide bonds. The number of hydrogen-bond acceptors (Lipinski definition) is 5. The average molecular weight is 265 g/mol. The zero-order chi connectivity index (χ0) is 12.9. The molecule has 1 fully saturated rings. The minimum atomic E-state index is -3.01. The standard InChI is InChI=1S/C11H23NO4S/c1-10(2)17(14,15)8-5-12-11(9-13)3-6-16-7-4-11/h10,12-13H,3-9H2,1-2H3. The predicted octanol–water partition coefficient (Wildman–Crippen LogP) is -0.0593. The van der Waals surface area contributed by atoms with Crippen LogP contribution in [-0.2, 0) is 14.6 Å². The third-order valence-corrected chi connectivity index (χ3v) is 5.57. The van der Waals surface area contributed by atoms with Gasteiger partial charge in [0, 0.05) is 25.3 Å². The van der Waals surface area contributed by atoms with Crippen molar-refractivity contribution in [3.8, 4) is 0 Å². The van der Waals surface area contributed by atoms with E-state index in [4.69, 9.17) is 4.74 Å². The smallest absolute Gasteiger partial charge is 0.153 e. The second kappa shape index (κ2) is 6.13. The van der Waals surface area contributed by atoms with E-state index in [1.165, 1.54) is 0 Å². The molecule has 1 rings (SSSR count). The van der Waals surface area contributed by atoms with Crippen molar-refractivity contribution in [1.29, 1.82) is 0 Å². The fourth-order valence-corrected chi connectivity index (χ4v) is 2.71. The second-order valence-electron chi connectivity index (χ2n) is 4.89. The van der Waals surface area contributed by atoms with E-state index in [0.29, 0.717) is 19.8 Å². The SMILES string of the molecule is CC(C)S(=O)(=O)CCNC1(CO)CCOCC1. The van der Waals surface area contributed by atoms with Gasteiger partial charge in [-0.2, -0.15) is 0 Å². The summed E-state index contributed by atoms with van der Waals surface area (Å²) in [7, 11) is -3.01. The third kappa shape index (κ3) is 4.21. The van der Waals surface area contributed by atoms with E-state index in [1.54, 1.807) is 13.8 Å². The van der Waals surface area contributed by atoms with Crippen molar-refractivity contribution in [1.82, 2.24) is 5.32 Å². The van der Waals surface area contributed by atoms with Crippen molar-refractivity contribution in [3.63, 3.8) is 0 Å². The Morgan fingerprint density at radius 1 is 1.35 bits per heavy atom. The summed E-state index contributed by atoms with van der Waals surface area (Å²) in [6.07, 6.45) is 1.45. The number of aliphatic hydroxyl groups excluding tert-OH is 1. The van der Waals surface area contributed by atoms with Crippen molar-refractivity contribution in [2.45, 2.75) is 37.5 Å². The first-order valence-electron chi connectivity index (χ1n) is 6.07. The number of nitrogens with one attached hydrogen (secondary N) is 1. The maximum atomic E-state index is 11.6. The first-order chi connectivity index (χ1) is 7.92. The van der Waals surface area contributed by atoms with Crippen molar-refractivity contribution in [2.24, 2.45) is 0 Å². The van der Waals surface area contributed by atoms with E-state index in [2.05, 4.69) is 5.32 Å². The number of rotatable bonds is 6. The molecular weight excluding hydrogens is 242 g/mol. The molecular formula is C11H23NO4S. The molecule has 1 saturated heterocycles. The Balaban J connectivity index is 2.43. The van der Waals surface area contributed by atoms with E-state index < -0.39 is 9.84 Å². The molecule has 2 N–H and O–H groups in total. The predicted molar refractivity (Wildman–Crippen MR) is 66.8 cm³/mol. The lowest BCUT2D eigenvalue weighted by molar-refractivity contribution is 0.0130. The Morgan fingerprint density at radius 3 is 2.41 bits per heavy atom. The summed E-state index contributed by atoms with van der Waals surface area (Å²) in [5, 5.41) is 12.3. The van der Waals surface area contributed by atoms with Gasteiger partial charge in [-0.15, -0.1) is 0 Å². The Bertz CT molecular complexity index is 320. The highest BCUT2D eigenvalue weighted by molar-refractivity contribution is 7.92. The van der Waals surface area contributed by atoms with Crippen LogP contribution in [0.4, 0.5) is 0 Å². The van der Waals surface area contributed by atoms with Gasteiger partial charge < -0.3 is 15.2 Å². The van der Waals surface area contributed by atoms with Crippen molar-refractivity contribution in [3.05, 3.63) is 0 Å². The van der Waals surface area contributed by atoms with Crippen LogP contribution in [0, 0.1) is 0 Å². The van der Waals surface area contributed by atoms with E-state index in [9.17, 15) is 13.5 Å². The van der Waals surface area contributed by atoms with Gasteiger partial charge in [0.05, 0.1) is 17.6 Å². The molecule has 0 unspecified atom stereocenters. The van der Waals surface area contributed by atoms with Crippen LogP contribution >= 0.6 is 0 Å². The van der Waals surface area contributed by atoms with E-state index in [0.717, 1.165) is 12.8 Å². The first kappa shape index (κ1) is 14.9. The van der Waals surface area contributed by atoms with Gasteiger partial charge in [0.2, 0.25) is 0 Å². The molecule has 1 aliphatic rings. The van der Waals surface area contributed by atoms with Crippen LogP contribution in [0.3, 0.4) is 0 Å². The number of aliphatic hydroxyl groups is 1. The number of ether oxygens (including phenoxy) is 1. The zero-order valence-corrected chi connectivity index (χ0v) is 11.4. The fraction of sp³-hybridized carbons (Fsp3) is 1.00. The molecule has 0 aromatic carbocycles. The summed E-state index contributed by atoms with van der Waals surface area (Å²) in [4.78, 5) is 0. The van der Waals surface area contributed by atoms with Crippen LogP contribution in [0.25, 0.3) is 0 Å². The normalized spacial score (nSPS) is 20.7. The molecule has 0 aromatic heterocycles. The lowest BCUT2D eigenvalue weighted by Gasteiger charge is -2.36. The van der Waals surface area contributed by atoms with Gasteiger partial charge in [-0.1, -0.05) is 0 Å². The van der Waals surface area contributed by atoms with Crippen molar-refractivity contribution in [2.75, 3.05) is 32.1 Å². The number of sulfone groups is 1. The van der Waals surface area contributed by atoms with Gasteiger partial charge in [0.1, 0.15) is 0 Å². The third-order valence-electron chi connectivity index (χ3n) is 3.36. The first-order valence-corrected chi connectivity index (χ1v) is 7.79. The highest BCUT2D eigenvalue weighted by atomic mass is 32.2. The molecule has 0 aromatic rings. The van der Waals surface area contributed by atoms with Gasteiger partial charge in [0.15, 0.2) is 9.84 Å². The highest BCUT2D eigenvalue weighted by Gasteiger charge is 2.31. The van der Waals surface area contributed by atoms with Crippen LogP contribution in [0.1, 0.15) is 26.7 Å². The molecule has 0 saturated carbocycles. The molecule has 0 bridgehead atoms. The molecule has 1 heterocycles. The van der Waals surface area contributed by atoms with Crippen LogP contribution in [-0.4, -0.2) is 56.4 Å². The molecule has 0 aliphatic carbocycles. The highest BCUT2D eigenvalue weighted by Crippen LogP contribution is 2.19. The average Bonchev–Trinajstić information content (AvgIpc) is 2.30. The molecule has 5 nitrogen and oxygen atoms in total. The largest absolute Gasteiger partial charge is 0.394 e. The van der Waals surface area contributed by atoms with Gasteiger partial charge in [-0.25, -0.2) is 8.42 Å². The molecule has 102 valence electrons. The molecule has 6 heteroatoms. The summed E-state index contributed by atoms with van der Waals surface area (Å²) in [6, 6.07) is 0. The Kier molecular flexibility index (Phi) is 5.37. The number of hydrogen-bond donors (Lipinski definition) is 2.